The summed E-state index contributed by atoms with van der Waals surface area (Å²) >= 11 is 4.33. The summed E-state index contributed by atoms with van der Waals surface area (Å²) in [5.74, 6) is -1.66. The second-order valence-electron chi connectivity index (χ2n) is 5.99. The van der Waals surface area contributed by atoms with Crippen LogP contribution < -0.4 is 5.48 Å². The average Bonchev–Trinajstić information content (AvgIpc) is 3.40. The fourth-order valence-corrected chi connectivity index (χ4v) is 6.63. The van der Waals surface area contributed by atoms with Crippen LogP contribution in [-0.2, 0) is 20.8 Å². The Labute approximate surface area is 154 Å². The molecular formula is C16H11N3O3S3. The van der Waals surface area contributed by atoms with Crippen molar-refractivity contribution in [1.29, 1.82) is 0 Å². The Balaban J connectivity index is 1.82. The zero-order valence-electron chi connectivity index (χ0n) is 12.7. The monoisotopic (exact) mass is 389 g/mol. The summed E-state index contributed by atoms with van der Waals surface area (Å²) in [6.45, 7) is 0. The average molecular weight is 389 g/mol. The number of hydrogen-bond donors (Lipinski definition) is 1. The van der Waals surface area contributed by atoms with Crippen molar-refractivity contribution < 1.29 is 14.4 Å². The van der Waals surface area contributed by atoms with E-state index in [-0.39, 0.29) is 11.8 Å². The van der Waals surface area contributed by atoms with Gasteiger partial charge in [0.2, 0.25) is 0 Å². The lowest BCUT2D eigenvalue weighted by Crippen LogP contribution is -2.49. The molecule has 1 N–H and O–H groups in total. The number of nitrogens with one attached hydrogen (secondary N) is 1. The van der Waals surface area contributed by atoms with E-state index < -0.39 is 17.3 Å². The van der Waals surface area contributed by atoms with Gasteiger partial charge in [-0.2, -0.15) is 5.48 Å². The van der Waals surface area contributed by atoms with Crippen molar-refractivity contribution in [3.05, 3.63) is 55.4 Å². The summed E-state index contributed by atoms with van der Waals surface area (Å²) in [6.07, 6.45) is 0.497. The molecule has 1 aliphatic carbocycles. The standard InChI is InChI=1S/C16H11N3O3S3/c20-14-16(15(21)22-18-14)8(10-3-1-5-23-10)7-9-13(25-19-17-9)12(16)11-4-2-6-24-11/h1-6,8,12H,7H2,(H,18,20). The number of carbonyl (C=O) groups excluding carboxylic acids is 2. The van der Waals surface area contributed by atoms with Gasteiger partial charge in [0.05, 0.1) is 16.5 Å². The lowest BCUT2D eigenvalue weighted by molar-refractivity contribution is -0.152. The molecule has 0 bridgehead atoms. The third-order valence-electron chi connectivity index (χ3n) is 4.91. The number of fused-ring (bicyclic) bond motifs is 1. The van der Waals surface area contributed by atoms with E-state index in [4.69, 9.17) is 4.84 Å². The molecule has 0 aromatic carbocycles. The van der Waals surface area contributed by atoms with E-state index in [9.17, 15) is 9.59 Å². The molecule has 1 amide bonds. The molecule has 126 valence electrons. The van der Waals surface area contributed by atoms with Crippen molar-refractivity contribution in [3.8, 4) is 0 Å². The van der Waals surface area contributed by atoms with Gasteiger partial charge in [-0.15, -0.1) is 27.8 Å². The summed E-state index contributed by atoms with van der Waals surface area (Å²) in [7, 11) is 0. The molecule has 1 saturated heterocycles. The van der Waals surface area contributed by atoms with Crippen LogP contribution in [0.2, 0.25) is 0 Å². The topological polar surface area (TPSA) is 81.2 Å². The van der Waals surface area contributed by atoms with E-state index in [0.29, 0.717) is 6.42 Å². The minimum atomic E-state index is -1.32. The molecule has 3 aromatic heterocycles. The number of amides is 1. The normalized spacial score (nSPS) is 28.0. The van der Waals surface area contributed by atoms with E-state index in [1.807, 2.05) is 35.0 Å². The Bertz CT molecular complexity index is 933. The Morgan fingerprint density at radius 2 is 1.92 bits per heavy atom. The molecule has 0 saturated carbocycles. The molecule has 4 heterocycles. The van der Waals surface area contributed by atoms with Crippen molar-refractivity contribution in [1.82, 2.24) is 15.1 Å². The van der Waals surface area contributed by atoms with Crippen LogP contribution >= 0.6 is 34.2 Å². The maximum atomic E-state index is 13.0. The minimum absolute atomic E-state index is 0.328. The van der Waals surface area contributed by atoms with Gasteiger partial charge in [-0.3, -0.25) is 4.79 Å². The van der Waals surface area contributed by atoms with E-state index in [1.165, 1.54) is 22.9 Å². The van der Waals surface area contributed by atoms with Gasteiger partial charge in [0.25, 0.3) is 5.91 Å². The van der Waals surface area contributed by atoms with Gasteiger partial charge < -0.3 is 4.84 Å². The van der Waals surface area contributed by atoms with Crippen LogP contribution in [0.5, 0.6) is 0 Å². The van der Waals surface area contributed by atoms with Crippen LogP contribution in [0, 0.1) is 5.41 Å². The van der Waals surface area contributed by atoms with Gasteiger partial charge in [-0.1, -0.05) is 16.6 Å². The van der Waals surface area contributed by atoms with Gasteiger partial charge in [0, 0.05) is 22.1 Å². The molecule has 5 rings (SSSR count). The Hall–Kier alpha value is -2.10. The van der Waals surface area contributed by atoms with Crippen LogP contribution in [0.4, 0.5) is 0 Å². The second-order valence-corrected chi connectivity index (χ2v) is 8.74. The zero-order chi connectivity index (χ0) is 17.0. The molecule has 3 aromatic rings. The summed E-state index contributed by atoms with van der Waals surface area (Å²) in [4.78, 5) is 33.8. The molecule has 6 nitrogen and oxygen atoms in total. The third kappa shape index (κ3) is 1.94. The highest BCUT2D eigenvalue weighted by molar-refractivity contribution is 7.11. The van der Waals surface area contributed by atoms with E-state index in [1.54, 1.807) is 11.3 Å². The lowest BCUT2D eigenvalue weighted by atomic mass is 9.60. The first-order valence-corrected chi connectivity index (χ1v) is 10.2. The Kier molecular flexibility index (Phi) is 3.31. The van der Waals surface area contributed by atoms with Crippen LogP contribution in [0.25, 0.3) is 0 Å². The number of carbonyl (C=O) groups is 2. The number of hydroxylamine groups is 1. The van der Waals surface area contributed by atoms with Gasteiger partial charge in [-0.05, 0) is 34.4 Å². The molecule has 25 heavy (non-hydrogen) atoms. The van der Waals surface area contributed by atoms with E-state index in [2.05, 4.69) is 15.1 Å². The molecule has 1 fully saturated rings. The van der Waals surface area contributed by atoms with Gasteiger partial charge >= 0.3 is 5.97 Å². The van der Waals surface area contributed by atoms with Crippen LogP contribution in [0.3, 0.4) is 0 Å². The third-order valence-corrected chi connectivity index (χ3v) is 7.67. The molecule has 2 aliphatic rings. The smallest absolute Gasteiger partial charge is 0.339 e. The minimum Gasteiger partial charge on any atom is -0.339 e. The number of nitrogens with zero attached hydrogens (tertiary/aromatic N) is 2. The lowest BCUT2D eigenvalue weighted by Gasteiger charge is -2.40. The first-order chi connectivity index (χ1) is 12.2. The highest BCUT2D eigenvalue weighted by Crippen LogP contribution is 2.59. The first kappa shape index (κ1) is 15.2. The summed E-state index contributed by atoms with van der Waals surface area (Å²) in [6, 6.07) is 7.78. The zero-order valence-corrected chi connectivity index (χ0v) is 15.1. The molecular weight excluding hydrogens is 378 g/mol. The first-order valence-electron chi connectivity index (χ1n) is 7.62. The molecule has 1 aliphatic heterocycles. The maximum Gasteiger partial charge on any atom is 0.349 e. The van der Waals surface area contributed by atoms with Crippen molar-refractivity contribution in [2.75, 3.05) is 0 Å². The van der Waals surface area contributed by atoms with Crippen LogP contribution in [-0.4, -0.2) is 21.5 Å². The highest BCUT2D eigenvalue weighted by Gasteiger charge is 2.67. The quantitative estimate of drug-likeness (QED) is 0.682. The Morgan fingerprint density at radius 1 is 1.16 bits per heavy atom. The van der Waals surface area contributed by atoms with Crippen molar-refractivity contribution in [2.45, 2.75) is 18.3 Å². The molecule has 3 unspecified atom stereocenters. The van der Waals surface area contributed by atoms with Crippen LogP contribution in [0.1, 0.15) is 32.2 Å². The fraction of sp³-hybridized carbons (Fsp3) is 0.250. The molecule has 3 atom stereocenters. The van der Waals surface area contributed by atoms with Crippen molar-refractivity contribution >= 4 is 46.1 Å². The van der Waals surface area contributed by atoms with Crippen molar-refractivity contribution in [3.63, 3.8) is 0 Å². The summed E-state index contributed by atoms with van der Waals surface area (Å²) < 4.78 is 4.10. The molecule has 9 heteroatoms. The number of aromatic nitrogens is 2. The van der Waals surface area contributed by atoms with E-state index >= 15 is 0 Å². The summed E-state index contributed by atoms with van der Waals surface area (Å²) in [5.41, 5.74) is 1.86. The number of hydrogen-bond acceptors (Lipinski definition) is 8. The van der Waals surface area contributed by atoms with Gasteiger partial charge in [-0.25, -0.2) is 4.79 Å². The predicted molar refractivity (Wildman–Crippen MR) is 93.5 cm³/mol. The molecule has 0 radical (unpaired) electrons. The molecule has 1 spiro atoms. The largest absolute Gasteiger partial charge is 0.349 e. The van der Waals surface area contributed by atoms with Gasteiger partial charge in [0.1, 0.15) is 0 Å². The highest BCUT2D eigenvalue weighted by atomic mass is 32.1. The van der Waals surface area contributed by atoms with Crippen LogP contribution in [0.15, 0.2) is 35.0 Å². The number of thiophene rings is 2. The maximum absolute atomic E-state index is 13.0. The Morgan fingerprint density at radius 3 is 2.56 bits per heavy atom. The van der Waals surface area contributed by atoms with Gasteiger partial charge in [0.15, 0.2) is 5.41 Å². The second kappa shape index (κ2) is 5.45. The predicted octanol–water partition coefficient (Wildman–Crippen LogP) is 2.71. The SMILES string of the molecule is O=C1NOC(=O)C12C(c1cccs1)Cc1nnsc1C2c1cccs1. The number of rotatable bonds is 2. The summed E-state index contributed by atoms with van der Waals surface area (Å²) in [5, 5.41) is 8.18. The fourth-order valence-electron chi connectivity index (χ4n) is 3.87. The van der Waals surface area contributed by atoms with E-state index in [0.717, 1.165) is 20.3 Å². The van der Waals surface area contributed by atoms with Crippen molar-refractivity contribution in [2.24, 2.45) is 5.41 Å².